The van der Waals surface area contributed by atoms with Gasteiger partial charge in [0.2, 0.25) is 10.0 Å². The molecule has 1 aromatic rings. The number of rotatable bonds is 2. The highest BCUT2D eigenvalue weighted by molar-refractivity contribution is 14.1. The molecule has 0 saturated heterocycles. The summed E-state index contributed by atoms with van der Waals surface area (Å²) in [6, 6.07) is 4.64. The Morgan fingerprint density at radius 1 is 1.46 bits per heavy atom. The monoisotopic (exact) mass is 331 g/mol. The fourth-order valence-electron chi connectivity index (χ4n) is 0.803. The van der Waals surface area contributed by atoms with Gasteiger partial charge in [-0.25, -0.2) is 13.1 Å². The van der Waals surface area contributed by atoms with E-state index in [4.69, 9.17) is 11.6 Å². The first-order chi connectivity index (χ1) is 5.97. The first-order valence-electron chi connectivity index (χ1n) is 3.36. The average molecular weight is 332 g/mol. The molecule has 0 spiro atoms. The molecule has 1 aromatic carbocycles. The van der Waals surface area contributed by atoms with Crippen molar-refractivity contribution in [2.24, 2.45) is 0 Å². The molecule has 0 aliphatic rings. The molecule has 0 bridgehead atoms. The van der Waals surface area contributed by atoms with Crippen molar-refractivity contribution < 1.29 is 8.42 Å². The van der Waals surface area contributed by atoms with Crippen LogP contribution in [0.25, 0.3) is 0 Å². The lowest BCUT2D eigenvalue weighted by Gasteiger charge is -2.04. The van der Waals surface area contributed by atoms with Gasteiger partial charge in [-0.3, -0.25) is 0 Å². The lowest BCUT2D eigenvalue weighted by Crippen LogP contribution is -2.19. The summed E-state index contributed by atoms with van der Waals surface area (Å²) < 4.78 is 25.6. The van der Waals surface area contributed by atoms with Crippen LogP contribution in [0.3, 0.4) is 0 Å². The van der Waals surface area contributed by atoms with Gasteiger partial charge in [0.15, 0.2) is 0 Å². The highest BCUT2D eigenvalue weighted by Crippen LogP contribution is 2.21. The number of nitrogens with one attached hydrogen (secondary N) is 1. The molecule has 0 unspecified atom stereocenters. The maximum absolute atomic E-state index is 11.4. The summed E-state index contributed by atoms with van der Waals surface area (Å²) in [7, 11) is -1.99. The van der Waals surface area contributed by atoms with Gasteiger partial charge in [0, 0.05) is 8.59 Å². The van der Waals surface area contributed by atoms with Gasteiger partial charge in [0.25, 0.3) is 0 Å². The number of benzene rings is 1. The lowest BCUT2D eigenvalue weighted by molar-refractivity contribution is 0.587. The molecule has 72 valence electrons. The molecule has 0 aromatic heterocycles. The second-order valence-corrected chi connectivity index (χ2v) is 5.74. The molecule has 1 N–H and O–H groups in total. The summed E-state index contributed by atoms with van der Waals surface area (Å²) in [5.41, 5.74) is 0. The first kappa shape index (κ1) is 11.2. The third kappa shape index (κ3) is 2.55. The van der Waals surface area contributed by atoms with Crippen LogP contribution >= 0.6 is 34.2 Å². The van der Waals surface area contributed by atoms with E-state index in [1.165, 1.54) is 13.1 Å². The molecule has 1 rings (SSSR count). The van der Waals surface area contributed by atoms with E-state index in [9.17, 15) is 8.42 Å². The van der Waals surface area contributed by atoms with Crippen LogP contribution in [0.4, 0.5) is 0 Å². The molecule has 13 heavy (non-hydrogen) atoms. The summed E-state index contributed by atoms with van der Waals surface area (Å²) in [6.45, 7) is 0. The van der Waals surface area contributed by atoms with Crippen LogP contribution in [0.5, 0.6) is 0 Å². The predicted molar refractivity (Wildman–Crippen MR) is 60.4 cm³/mol. The minimum absolute atomic E-state index is 0.250. The highest BCUT2D eigenvalue weighted by atomic mass is 127. The topological polar surface area (TPSA) is 46.2 Å². The molecule has 0 aliphatic heterocycles. The highest BCUT2D eigenvalue weighted by Gasteiger charge is 2.14. The standard InChI is InChI=1S/C7H7ClINO2S/c1-10-13(11,12)7-3-2-5(8)4-6(7)9/h2-4,10H,1H3. The second-order valence-electron chi connectivity index (χ2n) is 2.28. The van der Waals surface area contributed by atoms with E-state index in [1.54, 1.807) is 12.1 Å². The second kappa shape index (κ2) is 4.12. The molecular weight excluding hydrogens is 325 g/mol. The van der Waals surface area contributed by atoms with Crippen molar-refractivity contribution in [3.8, 4) is 0 Å². The molecule has 0 fully saturated rings. The number of sulfonamides is 1. The van der Waals surface area contributed by atoms with Crippen LogP contribution in [0, 0.1) is 3.57 Å². The van der Waals surface area contributed by atoms with Crippen LogP contribution in [-0.2, 0) is 10.0 Å². The van der Waals surface area contributed by atoms with E-state index < -0.39 is 10.0 Å². The van der Waals surface area contributed by atoms with Crippen LogP contribution in [0.15, 0.2) is 23.1 Å². The molecule has 0 aliphatic carbocycles. The fourth-order valence-corrected chi connectivity index (χ4v) is 3.33. The van der Waals surface area contributed by atoms with E-state index in [-0.39, 0.29) is 4.90 Å². The fraction of sp³-hybridized carbons (Fsp3) is 0.143. The minimum Gasteiger partial charge on any atom is -0.214 e. The Bertz CT molecular complexity index is 419. The van der Waals surface area contributed by atoms with E-state index in [0.29, 0.717) is 8.59 Å². The Balaban J connectivity index is 3.33. The van der Waals surface area contributed by atoms with Crippen LogP contribution in [0.2, 0.25) is 5.02 Å². The number of hydrogen-bond acceptors (Lipinski definition) is 2. The maximum Gasteiger partial charge on any atom is 0.241 e. The van der Waals surface area contributed by atoms with E-state index in [1.807, 2.05) is 22.6 Å². The summed E-state index contributed by atoms with van der Waals surface area (Å²) in [6.07, 6.45) is 0. The quantitative estimate of drug-likeness (QED) is 0.841. The van der Waals surface area contributed by atoms with E-state index >= 15 is 0 Å². The zero-order chi connectivity index (χ0) is 10.1. The van der Waals surface area contributed by atoms with E-state index in [0.717, 1.165) is 0 Å². The van der Waals surface area contributed by atoms with Gasteiger partial charge in [-0.15, -0.1) is 0 Å². The first-order valence-corrected chi connectivity index (χ1v) is 6.30. The van der Waals surface area contributed by atoms with Gasteiger partial charge < -0.3 is 0 Å². The van der Waals surface area contributed by atoms with Gasteiger partial charge in [-0.05, 0) is 47.8 Å². The van der Waals surface area contributed by atoms with Crippen molar-refractivity contribution in [2.75, 3.05) is 7.05 Å². The van der Waals surface area contributed by atoms with Crippen LogP contribution in [-0.4, -0.2) is 15.5 Å². The molecule has 0 amide bonds. The Morgan fingerprint density at radius 3 is 2.54 bits per heavy atom. The summed E-state index contributed by atoms with van der Waals surface area (Å²) in [5, 5.41) is 0.527. The maximum atomic E-state index is 11.4. The van der Waals surface area contributed by atoms with Crippen molar-refractivity contribution in [3.05, 3.63) is 26.8 Å². The van der Waals surface area contributed by atoms with Gasteiger partial charge in [0.05, 0.1) is 4.90 Å². The van der Waals surface area contributed by atoms with Crippen molar-refractivity contribution in [3.63, 3.8) is 0 Å². The van der Waals surface area contributed by atoms with Crippen LogP contribution < -0.4 is 4.72 Å². The molecule has 6 heteroatoms. The average Bonchev–Trinajstić information content (AvgIpc) is 2.03. The largest absolute Gasteiger partial charge is 0.241 e. The summed E-state index contributed by atoms with van der Waals surface area (Å²) in [5.74, 6) is 0. The van der Waals surface area contributed by atoms with Crippen molar-refractivity contribution in [2.45, 2.75) is 4.90 Å². The van der Waals surface area contributed by atoms with Crippen molar-refractivity contribution in [1.29, 1.82) is 0 Å². The van der Waals surface area contributed by atoms with Crippen molar-refractivity contribution >= 4 is 44.2 Å². The number of hydrogen-bond donors (Lipinski definition) is 1. The molecule has 0 radical (unpaired) electrons. The van der Waals surface area contributed by atoms with Gasteiger partial charge in [0.1, 0.15) is 0 Å². The molecule has 0 atom stereocenters. The Morgan fingerprint density at radius 2 is 2.08 bits per heavy atom. The molecule has 0 heterocycles. The Hall–Kier alpha value is 0.150. The zero-order valence-electron chi connectivity index (χ0n) is 6.71. The smallest absolute Gasteiger partial charge is 0.214 e. The van der Waals surface area contributed by atoms with E-state index in [2.05, 4.69) is 4.72 Å². The van der Waals surface area contributed by atoms with Gasteiger partial charge >= 0.3 is 0 Å². The number of halogens is 2. The zero-order valence-corrected chi connectivity index (χ0v) is 10.4. The normalized spacial score (nSPS) is 11.6. The predicted octanol–water partition coefficient (Wildman–Crippen LogP) is 1.85. The summed E-state index contributed by atoms with van der Waals surface area (Å²) >= 11 is 7.62. The van der Waals surface area contributed by atoms with Crippen LogP contribution in [0.1, 0.15) is 0 Å². The SMILES string of the molecule is CNS(=O)(=O)c1ccc(Cl)cc1I. The third-order valence-electron chi connectivity index (χ3n) is 1.45. The molecule has 3 nitrogen and oxygen atoms in total. The molecular formula is C7H7ClINO2S. The van der Waals surface area contributed by atoms with Crippen molar-refractivity contribution in [1.82, 2.24) is 4.72 Å². The summed E-state index contributed by atoms with van der Waals surface area (Å²) in [4.78, 5) is 0.250. The Kier molecular flexibility index (Phi) is 3.56. The third-order valence-corrected chi connectivity index (χ3v) is 4.42. The minimum atomic E-state index is -3.36. The van der Waals surface area contributed by atoms with Gasteiger partial charge in [-0.1, -0.05) is 11.6 Å². The molecule has 0 saturated carbocycles. The Labute approximate surface area is 95.7 Å². The van der Waals surface area contributed by atoms with Gasteiger partial charge in [-0.2, -0.15) is 0 Å². The lowest BCUT2D eigenvalue weighted by atomic mass is 10.4.